The van der Waals surface area contributed by atoms with Crippen molar-refractivity contribution in [2.45, 2.75) is 26.7 Å². The zero-order chi connectivity index (χ0) is 11.3. The highest BCUT2D eigenvalue weighted by molar-refractivity contribution is 5.83. The van der Waals surface area contributed by atoms with Gasteiger partial charge in [-0.15, -0.1) is 0 Å². The lowest BCUT2D eigenvalue weighted by molar-refractivity contribution is 0.412. The lowest BCUT2D eigenvalue weighted by atomic mass is 10.2. The predicted octanol–water partition coefficient (Wildman–Crippen LogP) is 2.79. The molecule has 82 valence electrons. The van der Waals surface area contributed by atoms with Gasteiger partial charge in [0.1, 0.15) is 5.75 Å². The van der Waals surface area contributed by atoms with Crippen LogP contribution in [0.5, 0.6) is 5.75 Å². The van der Waals surface area contributed by atoms with Crippen LogP contribution in [0.4, 0.5) is 5.69 Å². The van der Waals surface area contributed by atoms with Gasteiger partial charge in [0.25, 0.3) is 0 Å². The summed E-state index contributed by atoms with van der Waals surface area (Å²) in [7, 11) is 1.66. The zero-order valence-corrected chi connectivity index (χ0v) is 9.58. The minimum absolute atomic E-state index is 0.682. The van der Waals surface area contributed by atoms with Gasteiger partial charge in [-0.2, -0.15) is 0 Å². The van der Waals surface area contributed by atoms with E-state index in [1.807, 2.05) is 25.1 Å². The van der Waals surface area contributed by atoms with Gasteiger partial charge >= 0.3 is 0 Å². The normalized spacial score (nSPS) is 11.5. The number of hydrogen-bond donors (Lipinski definition) is 1. The molecule has 3 nitrogen and oxygen atoms in total. The summed E-state index contributed by atoms with van der Waals surface area (Å²) in [5.74, 6) is 1.56. The maximum atomic E-state index is 5.76. The molecule has 0 heterocycles. The number of amidine groups is 1. The molecular formula is C12H18N2O. The van der Waals surface area contributed by atoms with E-state index in [4.69, 9.17) is 10.5 Å². The van der Waals surface area contributed by atoms with E-state index in [2.05, 4.69) is 11.9 Å². The second-order valence-corrected chi connectivity index (χ2v) is 3.51. The first-order valence-electron chi connectivity index (χ1n) is 5.15. The fourth-order valence-corrected chi connectivity index (χ4v) is 1.41. The third-order valence-electron chi connectivity index (χ3n) is 2.16. The smallest absolute Gasteiger partial charge is 0.121 e. The first kappa shape index (κ1) is 11.6. The highest BCUT2D eigenvalue weighted by atomic mass is 16.5. The SMILES string of the molecule is CCCC(N)=Nc1ccc(OC)c(C)c1. The number of ether oxygens (including phenoxy) is 1. The summed E-state index contributed by atoms with van der Waals surface area (Å²) in [5.41, 5.74) is 7.72. The first-order valence-corrected chi connectivity index (χ1v) is 5.15. The van der Waals surface area contributed by atoms with Crippen molar-refractivity contribution in [3.63, 3.8) is 0 Å². The van der Waals surface area contributed by atoms with E-state index in [1.54, 1.807) is 7.11 Å². The Balaban J connectivity index is 2.88. The number of benzene rings is 1. The molecule has 0 aliphatic heterocycles. The molecule has 0 bridgehead atoms. The van der Waals surface area contributed by atoms with E-state index in [1.165, 1.54) is 0 Å². The van der Waals surface area contributed by atoms with Crippen LogP contribution in [0.25, 0.3) is 0 Å². The number of nitrogens with two attached hydrogens (primary N) is 1. The summed E-state index contributed by atoms with van der Waals surface area (Å²) in [6.07, 6.45) is 1.86. The summed E-state index contributed by atoms with van der Waals surface area (Å²) >= 11 is 0. The highest BCUT2D eigenvalue weighted by Crippen LogP contribution is 2.23. The van der Waals surface area contributed by atoms with Crippen molar-refractivity contribution in [3.8, 4) is 5.75 Å². The average Bonchev–Trinajstić information content (AvgIpc) is 2.18. The molecule has 2 N–H and O–H groups in total. The molecule has 1 aromatic carbocycles. The summed E-state index contributed by atoms with van der Waals surface area (Å²) in [6, 6.07) is 5.79. The molecule has 0 radical (unpaired) electrons. The summed E-state index contributed by atoms with van der Waals surface area (Å²) < 4.78 is 5.17. The Bertz CT molecular complexity index is 359. The van der Waals surface area contributed by atoms with Gasteiger partial charge in [-0.1, -0.05) is 6.92 Å². The summed E-state index contributed by atoms with van der Waals surface area (Å²) in [6.45, 7) is 4.08. The molecular weight excluding hydrogens is 188 g/mol. The molecule has 1 aromatic rings. The third-order valence-corrected chi connectivity index (χ3v) is 2.16. The van der Waals surface area contributed by atoms with Crippen molar-refractivity contribution in [2.24, 2.45) is 10.7 Å². The van der Waals surface area contributed by atoms with Gasteiger partial charge in [0.15, 0.2) is 0 Å². The van der Waals surface area contributed by atoms with Crippen LogP contribution in [0.3, 0.4) is 0 Å². The van der Waals surface area contributed by atoms with Gasteiger partial charge in [0.05, 0.1) is 18.6 Å². The second-order valence-electron chi connectivity index (χ2n) is 3.51. The van der Waals surface area contributed by atoms with Crippen molar-refractivity contribution < 1.29 is 4.74 Å². The van der Waals surface area contributed by atoms with E-state index in [0.717, 1.165) is 29.8 Å². The maximum absolute atomic E-state index is 5.76. The van der Waals surface area contributed by atoms with Crippen molar-refractivity contribution >= 4 is 11.5 Å². The molecule has 0 aliphatic rings. The van der Waals surface area contributed by atoms with Crippen molar-refractivity contribution in [2.75, 3.05) is 7.11 Å². The molecule has 0 fully saturated rings. The van der Waals surface area contributed by atoms with E-state index >= 15 is 0 Å². The van der Waals surface area contributed by atoms with E-state index in [0.29, 0.717) is 5.84 Å². The van der Waals surface area contributed by atoms with Gasteiger partial charge in [0.2, 0.25) is 0 Å². The molecule has 3 heteroatoms. The van der Waals surface area contributed by atoms with E-state index in [-0.39, 0.29) is 0 Å². The monoisotopic (exact) mass is 206 g/mol. The lowest BCUT2D eigenvalue weighted by Gasteiger charge is -2.05. The Hall–Kier alpha value is -1.51. The fraction of sp³-hybridized carbons (Fsp3) is 0.417. The van der Waals surface area contributed by atoms with Gasteiger partial charge in [0, 0.05) is 6.42 Å². The molecule has 1 rings (SSSR count). The number of rotatable bonds is 4. The molecule has 0 spiro atoms. The largest absolute Gasteiger partial charge is 0.496 e. The maximum Gasteiger partial charge on any atom is 0.121 e. The Morgan fingerprint density at radius 2 is 2.20 bits per heavy atom. The van der Waals surface area contributed by atoms with Gasteiger partial charge in [-0.25, -0.2) is 4.99 Å². The molecule has 0 unspecified atom stereocenters. The second kappa shape index (κ2) is 5.39. The number of nitrogens with zero attached hydrogens (tertiary/aromatic N) is 1. The van der Waals surface area contributed by atoms with Gasteiger partial charge in [-0.3, -0.25) is 0 Å². The topological polar surface area (TPSA) is 47.6 Å². The van der Waals surface area contributed by atoms with Crippen LogP contribution in [-0.2, 0) is 0 Å². The molecule has 0 aromatic heterocycles. The van der Waals surface area contributed by atoms with E-state index < -0.39 is 0 Å². The third kappa shape index (κ3) is 3.27. The molecule has 15 heavy (non-hydrogen) atoms. The van der Waals surface area contributed by atoms with Crippen LogP contribution >= 0.6 is 0 Å². The van der Waals surface area contributed by atoms with Crippen LogP contribution in [-0.4, -0.2) is 12.9 Å². The van der Waals surface area contributed by atoms with Crippen LogP contribution in [0.15, 0.2) is 23.2 Å². The average molecular weight is 206 g/mol. The molecule has 0 saturated heterocycles. The Morgan fingerprint density at radius 1 is 1.47 bits per heavy atom. The van der Waals surface area contributed by atoms with Crippen LogP contribution in [0.2, 0.25) is 0 Å². The summed E-state index contributed by atoms with van der Waals surface area (Å²) in [4.78, 5) is 4.32. The minimum atomic E-state index is 0.682. The van der Waals surface area contributed by atoms with Crippen molar-refractivity contribution in [3.05, 3.63) is 23.8 Å². The van der Waals surface area contributed by atoms with Crippen LogP contribution < -0.4 is 10.5 Å². The standard InChI is InChI=1S/C12H18N2O/c1-4-5-12(13)14-10-6-7-11(15-3)9(2)8-10/h6-8H,4-5H2,1-3H3,(H2,13,14). The molecule has 0 saturated carbocycles. The minimum Gasteiger partial charge on any atom is -0.496 e. The fourth-order valence-electron chi connectivity index (χ4n) is 1.41. The van der Waals surface area contributed by atoms with Gasteiger partial charge < -0.3 is 10.5 Å². The zero-order valence-electron chi connectivity index (χ0n) is 9.58. The predicted molar refractivity (Wildman–Crippen MR) is 63.9 cm³/mol. The Labute approximate surface area is 91.0 Å². The number of methoxy groups -OCH3 is 1. The Morgan fingerprint density at radius 3 is 2.73 bits per heavy atom. The van der Waals surface area contributed by atoms with Crippen molar-refractivity contribution in [1.29, 1.82) is 0 Å². The number of aryl methyl sites for hydroxylation is 1. The first-order chi connectivity index (χ1) is 7.17. The molecule has 0 aliphatic carbocycles. The van der Waals surface area contributed by atoms with Crippen LogP contribution in [0.1, 0.15) is 25.3 Å². The van der Waals surface area contributed by atoms with Crippen molar-refractivity contribution in [1.82, 2.24) is 0 Å². The van der Waals surface area contributed by atoms with Gasteiger partial charge in [-0.05, 0) is 37.1 Å². The lowest BCUT2D eigenvalue weighted by Crippen LogP contribution is -2.09. The Kier molecular flexibility index (Phi) is 4.16. The molecule has 0 amide bonds. The highest BCUT2D eigenvalue weighted by Gasteiger charge is 1.99. The quantitative estimate of drug-likeness (QED) is 0.608. The van der Waals surface area contributed by atoms with E-state index in [9.17, 15) is 0 Å². The number of aliphatic imine (C=N–C) groups is 1. The van der Waals surface area contributed by atoms with Crippen LogP contribution in [0, 0.1) is 6.92 Å². The molecule has 0 atom stereocenters. The number of hydrogen-bond acceptors (Lipinski definition) is 2. The summed E-state index contributed by atoms with van der Waals surface area (Å²) in [5, 5.41) is 0.